The summed E-state index contributed by atoms with van der Waals surface area (Å²) in [6.45, 7) is 8.19. The summed E-state index contributed by atoms with van der Waals surface area (Å²) in [5.41, 5.74) is 0.571. The molecule has 0 aliphatic rings. The van der Waals surface area contributed by atoms with Crippen molar-refractivity contribution in [3.05, 3.63) is 17.8 Å². The van der Waals surface area contributed by atoms with Gasteiger partial charge in [0.15, 0.2) is 0 Å². The van der Waals surface area contributed by atoms with Crippen LogP contribution in [-0.2, 0) is 9.53 Å². The SMILES string of the molecule is CCCOc1ccc(NC(=O)C(C)(CC)OC)c(C)n1. The molecule has 0 saturated heterocycles. The Balaban J connectivity index is 2.80. The molecule has 1 unspecified atom stereocenters. The fraction of sp³-hybridized carbons (Fsp3) is 0.600. The minimum Gasteiger partial charge on any atom is -0.478 e. The molecule has 1 atom stereocenters. The summed E-state index contributed by atoms with van der Waals surface area (Å²) in [6.07, 6.45) is 1.53. The van der Waals surface area contributed by atoms with Gasteiger partial charge in [0.05, 0.1) is 18.0 Å². The smallest absolute Gasteiger partial charge is 0.256 e. The van der Waals surface area contributed by atoms with Gasteiger partial charge in [0.2, 0.25) is 5.88 Å². The van der Waals surface area contributed by atoms with Crippen LogP contribution < -0.4 is 10.1 Å². The highest BCUT2D eigenvalue weighted by atomic mass is 16.5. The molecule has 112 valence electrons. The first kappa shape index (κ1) is 16.4. The highest BCUT2D eigenvalue weighted by Gasteiger charge is 2.31. The molecule has 0 aromatic carbocycles. The first-order valence-corrected chi connectivity index (χ1v) is 6.93. The predicted molar refractivity (Wildman–Crippen MR) is 79.1 cm³/mol. The maximum absolute atomic E-state index is 12.2. The summed E-state index contributed by atoms with van der Waals surface area (Å²) in [5.74, 6) is 0.405. The highest BCUT2D eigenvalue weighted by Crippen LogP contribution is 2.21. The number of methoxy groups -OCH3 is 1. The Kier molecular flexibility index (Phi) is 5.95. The second-order valence-corrected chi connectivity index (χ2v) is 4.87. The maximum atomic E-state index is 12.2. The third kappa shape index (κ3) is 3.93. The molecule has 0 aliphatic carbocycles. The Hall–Kier alpha value is -1.62. The van der Waals surface area contributed by atoms with Crippen molar-refractivity contribution in [2.24, 2.45) is 0 Å². The average molecular weight is 280 g/mol. The van der Waals surface area contributed by atoms with E-state index in [4.69, 9.17) is 9.47 Å². The summed E-state index contributed by atoms with van der Waals surface area (Å²) >= 11 is 0. The van der Waals surface area contributed by atoms with Gasteiger partial charge in [0, 0.05) is 13.2 Å². The zero-order chi connectivity index (χ0) is 15.2. The molecule has 0 aliphatic heterocycles. The van der Waals surface area contributed by atoms with E-state index in [0.29, 0.717) is 24.6 Å². The Morgan fingerprint density at radius 3 is 2.60 bits per heavy atom. The van der Waals surface area contributed by atoms with Crippen LogP contribution in [-0.4, -0.2) is 30.2 Å². The van der Waals surface area contributed by atoms with Crippen LogP contribution in [0.15, 0.2) is 12.1 Å². The number of carbonyl (C=O) groups excluding carboxylic acids is 1. The van der Waals surface area contributed by atoms with Crippen molar-refractivity contribution in [3.8, 4) is 5.88 Å². The van der Waals surface area contributed by atoms with Crippen molar-refractivity contribution in [2.75, 3.05) is 19.0 Å². The minimum absolute atomic E-state index is 0.172. The van der Waals surface area contributed by atoms with Gasteiger partial charge in [-0.25, -0.2) is 4.98 Å². The average Bonchev–Trinajstić information content (AvgIpc) is 2.46. The molecule has 0 saturated carbocycles. The van der Waals surface area contributed by atoms with Crippen molar-refractivity contribution in [1.29, 1.82) is 0 Å². The number of ether oxygens (including phenoxy) is 2. The topological polar surface area (TPSA) is 60.5 Å². The largest absolute Gasteiger partial charge is 0.478 e. The van der Waals surface area contributed by atoms with E-state index in [-0.39, 0.29) is 5.91 Å². The zero-order valence-electron chi connectivity index (χ0n) is 12.9. The maximum Gasteiger partial charge on any atom is 0.256 e. The first-order valence-electron chi connectivity index (χ1n) is 6.93. The molecule has 20 heavy (non-hydrogen) atoms. The van der Waals surface area contributed by atoms with Crippen LogP contribution in [0.4, 0.5) is 5.69 Å². The standard InChI is InChI=1S/C15H24N2O3/c1-6-10-20-13-9-8-12(11(3)16-13)17-14(18)15(4,7-2)19-5/h8-9H,6-7,10H2,1-5H3,(H,17,18). The quantitative estimate of drug-likeness (QED) is 0.834. The van der Waals surface area contributed by atoms with Crippen LogP contribution in [0.5, 0.6) is 5.88 Å². The van der Waals surface area contributed by atoms with Crippen molar-refractivity contribution >= 4 is 11.6 Å². The van der Waals surface area contributed by atoms with Crippen molar-refractivity contribution in [2.45, 2.75) is 46.1 Å². The normalized spacial score (nSPS) is 13.7. The van der Waals surface area contributed by atoms with E-state index >= 15 is 0 Å². The van der Waals surface area contributed by atoms with E-state index in [1.54, 1.807) is 19.1 Å². The number of rotatable bonds is 7. The number of hydrogen-bond acceptors (Lipinski definition) is 4. The molecule has 5 nitrogen and oxygen atoms in total. The molecular weight excluding hydrogens is 256 g/mol. The van der Waals surface area contributed by atoms with Gasteiger partial charge in [-0.05, 0) is 32.8 Å². The van der Waals surface area contributed by atoms with Crippen molar-refractivity contribution in [1.82, 2.24) is 4.98 Å². The van der Waals surface area contributed by atoms with E-state index in [1.807, 2.05) is 20.8 Å². The van der Waals surface area contributed by atoms with Crippen molar-refractivity contribution < 1.29 is 14.3 Å². The van der Waals surface area contributed by atoms with Crippen LogP contribution in [0, 0.1) is 6.92 Å². The van der Waals surface area contributed by atoms with Gasteiger partial charge >= 0.3 is 0 Å². The summed E-state index contributed by atoms with van der Waals surface area (Å²) in [7, 11) is 1.54. The second-order valence-electron chi connectivity index (χ2n) is 4.87. The van der Waals surface area contributed by atoms with Crippen LogP contribution >= 0.6 is 0 Å². The van der Waals surface area contributed by atoms with E-state index in [9.17, 15) is 4.79 Å². The van der Waals surface area contributed by atoms with E-state index < -0.39 is 5.60 Å². The monoisotopic (exact) mass is 280 g/mol. The lowest BCUT2D eigenvalue weighted by Crippen LogP contribution is -2.41. The highest BCUT2D eigenvalue weighted by molar-refractivity contribution is 5.97. The second kappa shape index (κ2) is 7.24. The Bertz CT molecular complexity index is 456. The number of aryl methyl sites for hydroxylation is 1. The number of aromatic nitrogens is 1. The molecule has 1 rings (SSSR count). The van der Waals surface area contributed by atoms with E-state index in [2.05, 4.69) is 10.3 Å². The zero-order valence-corrected chi connectivity index (χ0v) is 12.9. The lowest BCUT2D eigenvalue weighted by molar-refractivity contribution is -0.136. The molecule has 1 heterocycles. The first-order chi connectivity index (χ1) is 9.46. The molecule has 0 fully saturated rings. The number of nitrogens with zero attached hydrogens (tertiary/aromatic N) is 1. The molecule has 0 spiro atoms. The summed E-state index contributed by atoms with van der Waals surface area (Å²) < 4.78 is 10.7. The lowest BCUT2D eigenvalue weighted by atomic mass is 10.0. The summed E-state index contributed by atoms with van der Waals surface area (Å²) in [5, 5.41) is 2.85. The number of hydrogen-bond donors (Lipinski definition) is 1. The number of nitrogens with one attached hydrogen (secondary N) is 1. The van der Waals surface area contributed by atoms with E-state index in [0.717, 1.165) is 12.1 Å². The fourth-order valence-electron chi connectivity index (χ4n) is 1.61. The van der Waals surface area contributed by atoms with Crippen LogP contribution in [0.1, 0.15) is 39.3 Å². The number of pyridine rings is 1. The number of anilines is 1. The van der Waals surface area contributed by atoms with Crippen LogP contribution in [0.2, 0.25) is 0 Å². The third-order valence-corrected chi connectivity index (χ3v) is 3.37. The van der Waals surface area contributed by atoms with Crippen molar-refractivity contribution in [3.63, 3.8) is 0 Å². The predicted octanol–water partition coefficient (Wildman–Crippen LogP) is 2.93. The van der Waals surface area contributed by atoms with Gasteiger partial charge in [-0.3, -0.25) is 4.79 Å². The fourth-order valence-corrected chi connectivity index (χ4v) is 1.61. The molecular formula is C15H24N2O3. The van der Waals surface area contributed by atoms with Gasteiger partial charge in [-0.2, -0.15) is 0 Å². The number of amides is 1. The molecule has 5 heteroatoms. The third-order valence-electron chi connectivity index (χ3n) is 3.37. The molecule has 1 amide bonds. The molecule has 0 bridgehead atoms. The molecule has 0 radical (unpaired) electrons. The summed E-state index contributed by atoms with van der Waals surface area (Å²) in [4.78, 5) is 16.5. The Morgan fingerprint density at radius 2 is 2.10 bits per heavy atom. The van der Waals surface area contributed by atoms with Gasteiger partial charge in [0.1, 0.15) is 5.60 Å². The van der Waals surface area contributed by atoms with Crippen LogP contribution in [0.3, 0.4) is 0 Å². The van der Waals surface area contributed by atoms with Gasteiger partial charge in [-0.1, -0.05) is 13.8 Å². The Labute approximate surface area is 120 Å². The molecule has 1 aromatic heterocycles. The minimum atomic E-state index is -0.830. The van der Waals surface area contributed by atoms with Gasteiger partial charge < -0.3 is 14.8 Å². The summed E-state index contributed by atoms with van der Waals surface area (Å²) in [6, 6.07) is 3.56. The lowest BCUT2D eigenvalue weighted by Gasteiger charge is -2.25. The molecule has 1 N–H and O–H groups in total. The molecule has 1 aromatic rings. The van der Waals surface area contributed by atoms with Gasteiger partial charge in [-0.15, -0.1) is 0 Å². The number of carbonyl (C=O) groups is 1. The van der Waals surface area contributed by atoms with Crippen LogP contribution in [0.25, 0.3) is 0 Å². The van der Waals surface area contributed by atoms with E-state index in [1.165, 1.54) is 7.11 Å². The van der Waals surface area contributed by atoms with Gasteiger partial charge in [0.25, 0.3) is 5.91 Å². The Morgan fingerprint density at radius 1 is 1.40 bits per heavy atom.